The minimum absolute atomic E-state index is 0. The molecule has 6 aromatic carbocycles. The number of hydrogen-bond donors (Lipinski definition) is 4. The molecule has 0 amide bonds. The molecule has 0 saturated carbocycles. The summed E-state index contributed by atoms with van der Waals surface area (Å²) >= 11 is 6.56. The van der Waals surface area contributed by atoms with E-state index in [9.17, 15) is 81.7 Å². The van der Waals surface area contributed by atoms with Gasteiger partial charge in [0.15, 0.2) is 55.8 Å². The van der Waals surface area contributed by atoms with Crippen molar-refractivity contribution >= 4 is 166 Å². The molecule has 0 spiro atoms. The Hall–Kier alpha value is -0.220. The van der Waals surface area contributed by atoms with Gasteiger partial charge in [-0.15, -0.1) is 18.9 Å². The van der Waals surface area contributed by atoms with Crippen molar-refractivity contribution in [3.8, 4) is 11.5 Å². The molecule has 444 valence electrons. The van der Waals surface area contributed by atoms with Crippen molar-refractivity contribution in [3.63, 3.8) is 0 Å². The van der Waals surface area contributed by atoms with E-state index in [0.29, 0.717) is 24.3 Å². The van der Waals surface area contributed by atoms with E-state index < -0.39 is 157 Å². The molecule has 0 aliphatic carbocycles. The molecule has 1 aromatic heterocycles. The zero-order chi connectivity index (χ0) is 60.5. The predicted octanol–water partition coefficient (Wildman–Crippen LogP) is -14.3. The molecule has 0 radical (unpaired) electrons. The molecule has 0 aliphatic heterocycles. The maximum Gasteiger partial charge on any atom is 1.00 e. The number of benzene rings is 6. The van der Waals surface area contributed by atoms with Crippen LogP contribution < -0.4 is 204 Å². The fraction of sp³-hybridized carbons (Fsp3) is 0.103. The van der Waals surface area contributed by atoms with Gasteiger partial charge in [0, 0.05) is 10.8 Å². The van der Waals surface area contributed by atoms with Crippen molar-refractivity contribution in [3.05, 3.63) is 90.2 Å². The molecule has 0 fully saturated rings. The Morgan fingerprint density at radius 2 is 0.888 bits per heavy atom. The van der Waals surface area contributed by atoms with Crippen LogP contribution in [-0.2, 0) is 86.5 Å². The average molecular weight is 1470 g/mol. The Kier molecular flexibility index (Phi) is 37.7. The van der Waals surface area contributed by atoms with Crippen LogP contribution in [0, 0.1) is 0 Å². The Bertz CT molecular complexity index is 4270. The summed E-state index contributed by atoms with van der Waals surface area (Å²) in [5.74, 6) is -4.70. The van der Waals surface area contributed by atoms with Gasteiger partial charge in [-0.05, 0) is 107 Å². The van der Waals surface area contributed by atoms with Gasteiger partial charge < -0.3 is 50.3 Å². The summed E-state index contributed by atoms with van der Waals surface area (Å²) in [6, 6.07) is 13.1. The Morgan fingerprint density at radius 3 is 1.28 bits per heavy atom. The standard InChI is InChI=1S/C39H32ClN9O26S8.6Na/c40-37-43-38(41-27-17-25(81(59,60)61)13-19-15-29(76-73-70-52)33(35(50)31(19)27)48-46-21-1-5-23(6-2-21)79(55,56)11-9-68-77-74-71-53)45-39(44-37)42-28-18-26(82(62,63)64)14-20-16-30(83(65,66)67)34(36(51)32(20)28)49-47-22-3-7-24(8-4-22)80(57,58)12-10-69-78-75-72-54;;;;;;/h1-8,13-18,50-54H,9-12H2,(H,59,60,61)(H,62,63,64)(H,65,66,67)(H2,41,42,43,44,45);;;;;;/q;6*+1/p-6. The SMILES string of the molecule is O=S(=O)([O-])c1cc(Nc2nc(Cl)nc(Nc3cc(S(=O)(=O)[O-])cc4cc(S(=O)(=O)[O-])c(N=Nc5ccc(S(=O)(=O)CCOSOO[O-])cc5)c(O)c34)n2)c2c(O)c(N=Nc3ccc(S(=O)(=O)CCOSOO[O-])cc3)c(SOO[O-])cc2c1.[Na+].[Na+].[Na+].[Na+].[Na+].[Na+]. The summed E-state index contributed by atoms with van der Waals surface area (Å²) in [5, 5.41) is 81.6. The first-order valence-electron chi connectivity index (χ1n) is 21.3. The number of hydrogen-bond acceptors (Lipinski definition) is 38. The summed E-state index contributed by atoms with van der Waals surface area (Å²) < 4.78 is 185. The van der Waals surface area contributed by atoms with Crippen molar-refractivity contribution in [1.82, 2.24) is 15.0 Å². The molecular formula is C39H26ClN9Na6O26S8. The molecule has 0 atom stereocenters. The molecule has 7 aromatic rings. The second-order valence-corrected chi connectivity index (χ2v) is 25.9. The topological polar surface area (TPSA) is 536 Å². The molecule has 1 heterocycles. The van der Waals surface area contributed by atoms with E-state index in [4.69, 9.17) is 20.0 Å². The van der Waals surface area contributed by atoms with E-state index in [1.807, 2.05) is 0 Å². The van der Waals surface area contributed by atoms with E-state index in [1.54, 1.807) is 0 Å². The maximum atomic E-state index is 12.8. The number of fused-ring (bicyclic) bond motifs is 2. The zero-order valence-corrected chi connectivity index (χ0v) is 65.2. The molecule has 4 N–H and O–H groups in total. The van der Waals surface area contributed by atoms with Gasteiger partial charge in [0.05, 0.1) is 88.9 Å². The van der Waals surface area contributed by atoms with Gasteiger partial charge in [-0.25, -0.2) is 42.1 Å². The van der Waals surface area contributed by atoms with Gasteiger partial charge >= 0.3 is 177 Å². The monoisotopic (exact) mass is 1460 g/mol. The van der Waals surface area contributed by atoms with E-state index in [1.165, 1.54) is 12.1 Å². The first-order chi connectivity index (χ1) is 39.1. The average Bonchev–Trinajstić information content (AvgIpc) is 0.850. The second-order valence-electron chi connectivity index (χ2n) is 15.4. The number of phenols is 2. The number of nitrogens with zero attached hydrogens (tertiary/aromatic N) is 7. The smallest absolute Gasteiger partial charge is 0.744 e. The van der Waals surface area contributed by atoms with Crippen LogP contribution in [0.1, 0.15) is 0 Å². The number of aromatic nitrogens is 3. The van der Waals surface area contributed by atoms with Crippen LogP contribution in [0.3, 0.4) is 0 Å². The number of aromatic hydroxyl groups is 2. The number of phenolic OH excluding ortho intramolecular Hbond substituents is 2. The molecule has 35 nitrogen and oxygen atoms in total. The van der Waals surface area contributed by atoms with Crippen LogP contribution in [0.5, 0.6) is 11.5 Å². The molecular weight excluding hydrogens is 1440 g/mol. The number of anilines is 4. The number of sulfone groups is 2. The van der Waals surface area contributed by atoms with Gasteiger partial charge in [-0.1, -0.05) is 0 Å². The Balaban J connectivity index is 0.00000660. The number of azo groups is 2. The molecule has 89 heavy (non-hydrogen) atoms. The van der Waals surface area contributed by atoms with Gasteiger partial charge in [0.2, 0.25) is 17.2 Å². The molecule has 0 aliphatic rings. The van der Waals surface area contributed by atoms with Crippen LogP contribution in [0.2, 0.25) is 5.28 Å². The van der Waals surface area contributed by atoms with E-state index in [2.05, 4.69) is 74.2 Å². The van der Waals surface area contributed by atoms with Crippen LogP contribution in [-0.4, -0.2) is 106 Å². The zero-order valence-electron chi connectivity index (χ0n) is 45.9. The molecule has 0 bridgehead atoms. The van der Waals surface area contributed by atoms with Crippen LogP contribution in [0.15, 0.2) is 135 Å². The second kappa shape index (κ2) is 38.7. The fourth-order valence-corrected chi connectivity index (χ4v) is 12.1. The molecule has 7 rings (SSSR count). The number of halogens is 1. The largest absolute Gasteiger partial charge is 1.00 e. The summed E-state index contributed by atoms with van der Waals surface area (Å²) in [5.41, 5.74) is -3.03. The van der Waals surface area contributed by atoms with Crippen LogP contribution in [0.4, 0.5) is 46.0 Å². The number of nitrogens with one attached hydrogen (secondary N) is 2. The van der Waals surface area contributed by atoms with Crippen molar-refractivity contribution in [2.75, 3.05) is 35.4 Å². The Labute approximate surface area is 653 Å². The predicted molar refractivity (Wildman–Crippen MR) is 271 cm³/mol. The van der Waals surface area contributed by atoms with Crippen molar-refractivity contribution < 1.29 is 296 Å². The molecule has 0 saturated heterocycles. The molecule has 0 unspecified atom stereocenters. The third-order valence-electron chi connectivity index (χ3n) is 10.3. The maximum absolute atomic E-state index is 12.8. The van der Waals surface area contributed by atoms with Gasteiger partial charge in [-0.2, -0.15) is 29.5 Å². The van der Waals surface area contributed by atoms with E-state index in [0.717, 1.165) is 48.5 Å². The van der Waals surface area contributed by atoms with Crippen molar-refractivity contribution in [1.29, 1.82) is 0 Å². The first-order valence-corrected chi connectivity index (χ1v) is 31.2. The van der Waals surface area contributed by atoms with Crippen LogP contribution >= 0.6 is 48.3 Å². The molecule has 50 heteroatoms. The summed E-state index contributed by atoms with van der Waals surface area (Å²) in [6.07, 6.45) is 0. The summed E-state index contributed by atoms with van der Waals surface area (Å²) in [7, 11) is -24.5. The summed E-state index contributed by atoms with van der Waals surface area (Å²) in [4.78, 5) is 7.70. The minimum Gasteiger partial charge on any atom is -0.744 e. The van der Waals surface area contributed by atoms with Gasteiger partial charge in [0.1, 0.15) is 41.7 Å². The van der Waals surface area contributed by atoms with E-state index in [-0.39, 0.29) is 245 Å². The third-order valence-corrected chi connectivity index (χ3v) is 17.7. The Morgan fingerprint density at radius 1 is 0.494 bits per heavy atom. The van der Waals surface area contributed by atoms with Crippen molar-refractivity contribution in [2.45, 2.75) is 29.4 Å². The van der Waals surface area contributed by atoms with Gasteiger partial charge in [-0.3, -0.25) is 23.5 Å². The summed E-state index contributed by atoms with van der Waals surface area (Å²) in [6.45, 7) is -0.890. The first kappa shape index (κ1) is 86.8. The minimum atomic E-state index is -5.66. The third kappa shape index (κ3) is 24.1. The van der Waals surface area contributed by atoms with Crippen LogP contribution in [0.25, 0.3) is 21.5 Å². The van der Waals surface area contributed by atoms with E-state index >= 15 is 0 Å². The number of rotatable bonds is 28. The fourth-order valence-electron chi connectivity index (χ4n) is 6.92. The quantitative estimate of drug-likeness (QED) is 0.00673. The van der Waals surface area contributed by atoms with Gasteiger partial charge in [0.25, 0.3) is 0 Å². The normalized spacial score (nSPS) is 11.9. The van der Waals surface area contributed by atoms with Crippen molar-refractivity contribution in [2.24, 2.45) is 20.5 Å².